The Labute approximate surface area is 123 Å². The molecule has 2 N–H and O–H groups in total. The van der Waals surface area contributed by atoms with E-state index in [4.69, 9.17) is 5.11 Å². The summed E-state index contributed by atoms with van der Waals surface area (Å²) in [6.07, 6.45) is 1.43. The first-order chi connectivity index (χ1) is 8.78. The molecule has 0 atom stereocenters. The van der Waals surface area contributed by atoms with Crippen LogP contribution >= 0.6 is 15.9 Å². The Morgan fingerprint density at radius 1 is 1.32 bits per heavy atom. The van der Waals surface area contributed by atoms with Gasteiger partial charge in [-0.1, -0.05) is 19.9 Å². The smallest absolute Gasteiger partial charge is 0.242 e. The molecule has 0 fully saturated rings. The fourth-order valence-electron chi connectivity index (χ4n) is 1.63. The third-order valence-corrected chi connectivity index (χ3v) is 6.02. The molecule has 4 nitrogen and oxygen atoms in total. The average Bonchev–Trinajstić information content (AvgIpc) is 2.37. The molecule has 0 aliphatic heterocycles. The number of aliphatic hydroxyl groups excluding tert-OH is 1. The Kier molecular flexibility index (Phi) is 5.55. The summed E-state index contributed by atoms with van der Waals surface area (Å²) >= 11 is 3.24. The molecule has 0 unspecified atom stereocenters. The molecule has 0 aliphatic carbocycles. The van der Waals surface area contributed by atoms with E-state index < -0.39 is 15.6 Å². The molecule has 1 aromatic rings. The molecule has 1 rings (SSSR count). The molecule has 0 spiro atoms. The predicted molar refractivity (Wildman–Crippen MR) is 79.4 cm³/mol. The highest BCUT2D eigenvalue weighted by Gasteiger charge is 2.28. The molecule has 0 aromatic heterocycles. The molecule has 0 heterocycles. The van der Waals surface area contributed by atoms with Gasteiger partial charge in [0.15, 0.2) is 0 Å². The van der Waals surface area contributed by atoms with Crippen molar-refractivity contribution in [1.82, 2.24) is 4.72 Å². The van der Waals surface area contributed by atoms with E-state index in [-0.39, 0.29) is 11.5 Å². The van der Waals surface area contributed by atoms with Crippen LogP contribution in [-0.4, -0.2) is 19.1 Å². The minimum atomic E-state index is -3.58. The molecule has 0 saturated carbocycles. The number of hydrogen-bond acceptors (Lipinski definition) is 3. The Morgan fingerprint density at radius 3 is 2.32 bits per heavy atom. The summed E-state index contributed by atoms with van der Waals surface area (Å²) in [5, 5.41) is 9.03. The second-order valence-corrected chi connectivity index (χ2v) is 7.30. The third-order valence-electron chi connectivity index (χ3n) is 3.41. The number of aliphatic hydroxyl groups is 1. The first-order valence-electron chi connectivity index (χ1n) is 6.21. The second-order valence-electron chi connectivity index (χ2n) is 4.80. The fraction of sp³-hybridized carbons (Fsp3) is 0.538. The lowest BCUT2D eigenvalue weighted by Crippen LogP contribution is -2.44. The van der Waals surface area contributed by atoms with Gasteiger partial charge in [0.05, 0.1) is 11.5 Å². The van der Waals surface area contributed by atoms with Gasteiger partial charge in [0.2, 0.25) is 10.0 Å². The van der Waals surface area contributed by atoms with E-state index in [0.29, 0.717) is 10.0 Å². The van der Waals surface area contributed by atoms with E-state index in [1.54, 1.807) is 12.1 Å². The fourth-order valence-corrected chi connectivity index (χ4v) is 4.31. The summed E-state index contributed by atoms with van der Waals surface area (Å²) in [7, 11) is -3.58. The maximum atomic E-state index is 12.4. The van der Waals surface area contributed by atoms with Gasteiger partial charge in [0.1, 0.15) is 0 Å². The van der Waals surface area contributed by atoms with Crippen LogP contribution in [0.3, 0.4) is 0 Å². The van der Waals surface area contributed by atoms with Gasteiger partial charge < -0.3 is 5.11 Å². The van der Waals surface area contributed by atoms with Gasteiger partial charge in [-0.3, -0.25) is 0 Å². The van der Waals surface area contributed by atoms with Crippen molar-refractivity contribution in [2.45, 2.75) is 50.7 Å². The minimum Gasteiger partial charge on any atom is -0.392 e. The summed E-state index contributed by atoms with van der Waals surface area (Å²) in [5.74, 6) is 0. The van der Waals surface area contributed by atoms with Gasteiger partial charge in [0, 0.05) is 10.0 Å². The highest BCUT2D eigenvalue weighted by atomic mass is 79.9. The van der Waals surface area contributed by atoms with Gasteiger partial charge in [-0.15, -0.1) is 0 Å². The molecule has 0 aliphatic rings. The van der Waals surface area contributed by atoms with Gasteiger partial charge >= 0.3 is 0 Å². The lowest BCUT2D eigenvalue weighted by atomic mass is 9.98. The summed E-state index contributed by atoms with van der Waals surface area (Å²) in [6, 6.07) is 4.72. The van der Waals surface area contributed by atoms with Gasteiger partial charge in [0.25, 0.3) is 0 Å². The number of hydrogen-bond donors (Lipinski definition) is 2. The van der Waals surface area contributed by atoms with Gasteiger partial charge in [-0.05, 0) is 53.4 Å². The summed E-state index contributed by atoms with van der Waals surface area (Å²) < 4.78 is 28.0. The van der Waals surface area contributed by atoms with Gasteiger partial charge in [-0.25, -0.2) is 13.1 Å². The standard InChI is InChI=1S/C13H20BrNO3S/c1-4-13(3,5-2)15-19(17,18)12-7-6-10(9-16)8-11(12)14/h6-8,15-16H,4-5,9H2,1-3H3. The van der Waals surface area contributed by atoms with Crippen LogP contribution in [0.5, 0.6) is 0 Å². The zero-order chi connectivity index (χ0) is 14.7. The molecule has 0 amide bonds. The Hall–Kier alpha value is -0.430. The second kappa shape index (κ2) is 6.35. The van der Waals surface area contributed by atoms with Crippen molar-refractivity contribution in [3.8, 4) is 0 Å². The van der Waals surface area contributed by atoms with Crippen molar-refractivity contribution in [1.29, 1.82) is 0 Å². The van der Waals surface area contributed by atoms with Crippen LogP contribution in [0.1, 0.15) is 39.2 Å². The largest absolute Gasteiger partial charge is 0.392 e. The van der Waals surface area contributed by atoms with Crippen LogP contribution in [0.4, 0.5) is 0 Å². The molecule has 6 heteroatoms. The zero-order valence-electron chi connectivity index (χ0n) is 11.4. The Morgan fingerprint density at radius 2 is 1.89 bits per heavy atom. The first kappa shape index (κ1) is 16.6. The number of halogens is 1. The molecule has 1 aromatic carbocycles. The van der Waals surface area contributed by atoms with E-state index in [0.717, 1.165) is 12.8 Å². The number of sulfonamides is 1. The summed E-state index contributed by atoms with van der Waals surface area (Å²) in [6.45, 7) is 5.68. The number of rotatable bonds is 6. The van der Waals surface area contributed by atoms with E-state index >= 15 is 0 Å². The monoisotopic (exact) mass is 349 g/mol. The summed E-state index contributed by atoms with van der Waals surface area (Å²) in [4.78, 5) is 0.192. The van der Waals surface area contributed by atoms with E-state index in [2.05, 4.69) is 20.7 Å². The lowest BCUT2D eigenvalue weighted by molar-refractivity contribution is 0.281. The lowest BCUT2D eigenvalue weighted by Gasteiger charge is -2.28. The van der Waals surface area contributed by atoms with Crippen molar-refractivity contribution in [3.63, 3.8) is 0 Å². The zero-order valence-corrected chi connectivity index (χ0v) is 13.8. The van der Waals surface area contributed by atoms with Crippen LogP contribution in [0.15, 0.2) is 27.6 Å². The first-order valence-corrected chi connectivity index (χ1v) is 8.49. The predicted octanol–water partition coefficient (Wildman–Crippen LogP) is 2.80. The van der Waals surface area contributed by atoms with Crippen LogP contribution in [0.2, 0.25) is 0 Å². The van der Waals surface area contributed by atoms with Crippen LogP contribution < -0.4 is 4.72 Å². The Balaban J connectivity index is 3.14. The average molecular weight is 350 g/mol. The third kappa shape index (κ3) is 4.02. The quantitative estimate of drug-likeness (QED) is 0.829. The topological polar surface area (TPSA) is 66.4 Å². The van der Waals surface area contributed by atoms with Crippen molar-refractivity contribution in [3.05, 3.63) is 28.2 Å². The molecule has 0 bridgehead atoms. The van der Waals surface area contributed by atoms with Crippen LogP contribution in [-0.2, 0) is 16.6 Å². The van der Waals surface area contributed by atoms with E-state index in [1.807, 2.05) is 20.8 Å². The molecular formula is C13H20BrNO3S. The van der Waals surface area contributed by atoms with E-state index in [1.165, 1.54) is 6.07 Å². The van der Waals surface area contributed by atoms with Crippen molar-refractivity contribution in [2.75, 3.05) is 0 Å². The molecule has 0 radical (unpaired) electrons. The minimum absolute atomic E-state index is 0.117. The van der Waals surface area contributed by atoms with Gasteiger partial charge in [-0.2, -0.15) is 0 Å². The maximum Gasteiger partial charge on any atom is 0.242 e. The van der Waals surface area contributed by atoms with Crippen molar-refractivity contribution < 1.29 is 13.5 Å². The molecule has 108 valence electrons. The number of nitrogens with one attached hydrogen (secondary N) is 1. The molecule has 0 saturated heterocycles. The van der Waals surface area contributed by atoms with Crippen molar-refractivity contribution >= 4 is 26.0 Å². The van der Waals surface area contributed by atoms with Crippen LogP contribution in [0.25, 0.3) is 0 Å². The van der Waals surface area contributed by atoms with E-state index in [9.17, 15) is 8.42 Å². The SMILES string of the molecule is CCC(C)(CC)NS(=O)(=O)c1ccc(CO)cc1Br. The highest BCUT2D eigenvalue weighted by molar-refractivity contribution is 9.10. The van der Waals surface area contributed by atoms with Crippen molar-refractivity contribution in [2.24, 2.45) is 0 Å². The normalized spacial score (nSPS) is 12.7. The highest BCUT2D eigenvalue weighted by Crippen LogP contribution is 2.26. The number of benzene rings is 1. The molecular weight excluding hydrogens is 330 g/mol. The molecule has 19 heavy (non-hydrogen) atoms. The Bertz CT molecular complexity index is 539. The van der Waals surface area contributed by atoms with Crippen LogP contribution in [0, 0.1) is 0 Å². The maximum absolute atomic E-state index is 12.4. The summed E-state index contributed by atoms with van der Waals surface area (Å²) in [5.41, 5.74) is 0.216.